The molecule has 5 heteroatoms. The van der Waals surface area contributed by atoms with Crippen LogP contribution in [0.3, 0.4) is 0 Å². The molecule has 0 radical (unpaired) electrons. The van der Waals surface area contributed by atoms with E-state index in [1.165, 1.54) is 0 Å². The van der Waals surface area contributed by atoms with Crippen molar-refractivity contribution in [2.24, 2.45) is 0 Å². The Hall–Kier alpha value is -2.04. The normalized spacial score (nSPS) is 16.3. The van der Waals surface area contributed by atoms with Gasteiger partial charge in [0.2, 0.25) is 0 Å². The number of carboxylic acids is 1. The number of anilines is 1. The first kappa shape index (κ1) is 15.4. The topological polar surface area (TPSA) is 78.4 Å². The lowest BCUT2D eigenvalue weighted by molar-refractivity contribution is -0.144. The van der Waals surface area contributed by atoms with Crippen LogP contribution in [0.15, 0.2) is 18.2 Å². The van der Waals surface area contributed by atoms with Crippen LogP contribution in [0, 0.1) is 0 Å². The Bertz CT molecular complexity index is 556. The lowest BCUT2D eigenvalue weighted by Gasteiger charge is -2.26. The highest BCUT2D eigenvalue weighted by atomic mass is 16.4. The molecule has 3 N–H and O–H groups in total. The highest BCUT2D eigenvalue weighted by Gasteiger charge is 2.34. The van der Waals surface area contributed by atoms with E-state index in [2.05, 4.69) is 10.6 Å². The summed E-state index contributed by atoms with van der Waals surface area (Å²) in [4.78, 5) is 23.7. The van der Waals surface area contributed by atoms with E-state index in [4.69, 9.17) is 0 Å². The number of hydrogen-bond acceptors (Lipinski definition) is 3. The van der Waals surface area contributed by atoms with Gasteiger partial charge < -0.3 is 15.7 Å². The number of aryl methyl sites for hydroxylation is 1. The summed E-state index contributed by atoms with van der Waals surface area (Å²) in [6.07, 6.45) is 3.08. The van der Waals surface area contributed by atoms with Crippen molar-refractivity contribution in [3.63, 3.8) is 0 Å². The first-order valence-corrected chi connectivity index (χ1v) is 7.39. The van der Waals surface area contributed by atoms with Gasteiger partial charge in [-0.25, -0.2) is 4.79 Å². The van der Waals surface area contributed by atoms with Gasteiger partial charge in [0.15, 0.2) is 0 Å². The van der Waals surface area contributed by atoms with Crippen LogP contribution in [0.4, 0.5) is 5.69 Å². The van der Waals surface area contributed by atoms with Crippen LogP contribution >= 0.6 is 0 Å². The fraction of sp³-hybridized carbons (Fsp3) is 0.500. The minimum atomic E-state index is -1.22. The van der Waals surface area contributed by atoms with Gasteiger partial charge in [0.05, 0.1) is 0 Å². The molecule has 1 aromatic rings. The van der Waals surface area contributed by atoms with Crippen LogP contribution in [0.25, 0.3) is 0 Å². The van der Waals surface area contributed by atoms with Gasteiger partial charge in [0.1, 0.15) is 5.54 Å². The molecule has 114 valence electrons. The summed E-state index contributed by atoms with van der Waals surface area (Å²) < 4.78 is 0. The van der Waals surface area contributed by atoms with Crippen molar-refractivity contribution < 1.29 is 14.7 Å². The minimum Gasteiger partial charge on any atom is -0.480 e. The zero-order valence-electron chi connectivity index (χ0n) is 12.5. The second-order valence-corrected chi connectivity index (χ2v) is 5.74. The van der Waals surface area contributed by atoms with E-state index in [1.54, 1.807) is 13.0 Å². The predicted molar refractivity (Wildman–Crippen MR) is 81.7 cm³/mol. The fourth-order valence-electron chi connectivity index (χ4n) is 2.66. The number of amides is 1. The maximum atomic E-state index is 12.3. The molecule has 2 rings (SSSR count). The lowest BCUT2D eigenvalue weighted by atomic mass is 9.95. The molecule has 1 amide bonds. The minimum absolute atomic E-state index is 0.332. The van der Waals surface area contributed by atoms with E-state index < -0.39 is 11.5 Å². The van der Waals surface area contributed by atoms with Crippen molar-refractivity contribution in [2.45, 2.75) is 45.1 Å². The summed E-state index contributed by atoms with van der Waals surface area (Å²) >= 11 is 0. The molecule has 1 aliphatic heterocycles. The van der Waals surface area contributed by atoms with Crippen LogP contribution in [0.2, 0.25) is 0 Å². The Morgan fingerprint density at radius 3 is 2.86 bits per heavy atom. The molecule has 0 saturated heterocycles. The van der Waals surface area contributed by atoms with Gasteiger partial charge in [-0.05, 0) is 49.9 Å². The van der Waals surface area contributed by atoms with Crippen LogP contribution in [-0.2, 0) is 11.2 Å². The summed E-state index contributed by atoms with van der Waals surface area (Å²) in [6, 6.07) is 5.48. The number of carbonyl (C=O) groups excluding carboxylic acids is 1. The first-order chi connectivity index (χ1) is 9.96. The van der Waals surface area contributed by atoms with Gasteiger partial charge in [-0.3, -0.25) is 4.79 Å². The monoisotopic (exact) mass is 290 g/mol. The average Bonchev–Trinajstić information content (AvgIpc) is 2.46. The number of nitrogens with one attached hydrogen (secondary N) is 2. The molecular weight excluding hydrogens is 268 g/mol. The molecule has 1 aliphatic rings. The zero-order valence-corrected chi connectivity index (χ0v) is 12.5. The SMILES string of the molecule is CCCC(C)(NC(=O)c1ccc2c(c1)CCCN2)C(=O)O. The Morgan fingerprint density at radius 1 is 1.43 bits per heavy atom. The highest BCUT2D eigenvalue weighted by Crippen LogP contribution is 2.23. The van der Waals surface area contributed by atoms with E-state index in [-0.39, 0.29) is 5.91 Å². The Labute approximate surface area is 124 Å². The van der Waals surface area contributed by atoms with Gasteiger partial charge in [-0.15, -0.1) is 0 Å². The van der Waals surface area contributed by atoms with Crippen LogP contribution in [0.1, 0.15) is 49.0 Å². The molecule has 0 saturated carbocycles. The molecule has 0 fully saturated rings. The van der Waals surface area contributed by atoms with Gasteiger partial charge in [-0.1, -0.05) is 13.3 Å². The molecule has 0 aliphatic carbocycles. The standard InChI is InChI=1S/C16H22N2O3/c1-3-8-16(2,15(20)21)18-14(19)12-6-7-13-11(10-12)5-4-9-17-13/h6-7,10,17H,3-5,8-9H2,1-2H3,(H,18,19)(H,20,21). The number of hydrogen-bond donors (Lipinski definition) is 3. The summed E-state index contributed by atoms with van der Waals surface area (Å²) in [7, 11) is 0. The van der Waals surface area contributed by atoms with Crippen molar-refractivity contribution in [1.29, 1.82) is 0 Å². The fourth-order valence-corrected chi connectivity index (χ4v) is 2.66. The highest BCUT2D eigenvalue weighted by molar-refractivity contribution is 5.98. The Kier molecular flexibility index (Phi) is 4.50. The van der Waals surface area contributed by atoms with Gasteiger partial charge in [0.25, 0.3) is 5.91 Å². The Morgan fingerprint density at radius 2 is 2.19 bits per heavy atom. The number of carbonyl (C=O) groups is 2. The number of aliphatic carboxylic acids is 1. The third-order valence-corrected chi connectivity index (χ3v) is 3.92. The van der Waals surface area contributed by atoms with Gasteiger partial charge in [0, 0.05) is 17.8 Å². The van der Waals surface area contributed by atoms with Crippen LogP contribution in [0.5, 0.6) is 0 Å². The molecule has 1 aromatic carbocycles. The molecule has 1 unspecified atom stereocenters. The third kappa shape index (κ3) is 3.35. The van der Waals surface area contributed by atoms with Crippen molar-refractivity contribution in [1.82, 2.24) is 5.32 Å². The molecule has 5 nitrogen and oxygen atoms in total. The number of fused-ring (bicyclic) bond motifs is 1. The van der Waals surface area contributed by atoms with Crippen LogP contribution < -0.4 is 10.6 Å². The van der Waals surface area contributed by atoms with Crippen LogP contribution in [-0.4, -0.2) is 29.1 Å². The quantitative estimate of drug-likeness (QED) is 0.778. The summed E-state index contributed by atoms with van der Waals surface area (Å²) in [5.74, 6) is -1.33. The van der Waals surface area contributed by atoms with Crippen molar-refractivity contribution in [3.05, 3.63) is 29.3 Å². The van der Waals surface area contributed by atoms with E-state index >= 15 is 0 Å². The summed E-state index contributed by atoms with van der Waals surface area (Å²) in [5.41, 5.74) is 1.47. The van der Waals surface area contributed by atoms with Crippen molar-refractivity contribution in [2.75, 3.05) is 11.9 Å². The molecule has 1 heterocycles. The van der Waals surface area contributed by atoms with Crippen molar-refractivity contribution in [3.8, 4) is 0 Å². The number of rotatable bonds is 5. The average molecular weight is 290 g/mol. The van der Waals surface area contributed by atoms with Gasteiger partial charge in [-0.2, -0.15) is 0 Å². The van der Waals surface area contributed by atoms with E-state index in [0.29, 0.717) is 18.4 Å². The number of carboxylic acid groups (broad SMARTS) is 1. The smallest absolute Gasteiger partial charge is 0.329 e. The molecule has 0 spiro atoms. The maximum Gasteiger partial charge on any atom is 0.329 e. The van der Waals surface area contributed by atoms with E-state index in [0.717, 1.165) is 30.6 Å². The Balaban J connectivity index is 2.18. The zero-order chi connectivity index (χ0) is 15.5. The van der Waals surface area contributed by atoms with Gasteiger partial charge >= 0.3 is 5.97 Å². The molecule has 1 atom stereocenters. The second-order valence-electron chi connectivity index (χ2n) is 5.74. The molecule has 0 aromatic heterocycles. The molecular formula is C16H22N2O3. The predicted octanol–water partition coefficient (Wildman–Crippen LogP) is 2.42. The second kappa shape index (κ2) is 6.16. The summed E-state index contributed by atoms with van der Waals surface area (Å²) in [6.45, 7) is 4.40. The first-order valence-electron chi connectivity index (χ1n) is 7.39. The summed E-state index contributed by atoms with van der Waals surface area (Å²) in [5, 5.41) is 15.3. The third-order valence-electron chi connectivity index (χ3n) is 3.92. The molecule has 21 heavy (non-hydrogen) atoms. The largest absolute Gasteiger partial charge is 0.480 e. The lowest BCUT2D eigenvalue weighted by Crippen LogP contribution is -2.52. The van der Waals surface area contributed by atoms with E-state index in [9.17, 15) is 14.7 Å². The van der Waals surface area contributed by atoms with E-state index in [1.807, 2.05) is 19.1 Å². The number of benzene rings is 1. The molecule has 0 bridgehead atoms. The van der Waals surface area contributed by atoms with Crippen molar-refractivity contribution >= 4 is 17.6 Å². The maximum absolute atomic E-state index is 12.3.